The summed E-state index contributed by atoms with van der Waals surface area (Å²) < 4.78 is 19.3. The summed E-state index contributed by atoms with van der Waals surface area (Å²) >= 11 is 0. The van der Waals surface area contributed by atoms with Gasteiger partial charge in [0.1, 0.15) is 5.82 Å². The van der Waals surface area contributed by atoms with Crippen LogP contribution in [0, 0.1) is 5.82 Å². The molecule has 2 rings (SSSR count). The summed E-state index contributed by atoms with van der Waals surface area (Å²) in [5.74, 6) is -2.15. The van der Waals surface area contributed by atoms with Gasteiger partial charge in [-0.2, -0.15) is 0 Å². The highest BCUT2D eigenvalue weighted by atomic mass is 19.1. The number of aliphatic carboxylic acids is 1. The minimum Gasteiger partial charge on any atom is -0.481 e. The number of amides is 1. The van der Waals surface area contributed by atoms with Crippen LogP contribution in [0.1, 0.15) is 35.3 Å². The molecule has 0 aliphatic heterocycles. The van der Waals surface area contributed by atoms with E-state index in [2.05, 4.69) is 5.32 Å². The second kappa shape index (κ2) is 8.39. The third-order valence-electron chi connectivity index (χ3n) is 3.45. The minimum absolute atomic E-state index is 0.0694. The molecule has 0 bridgehead atoms. The number of halogens is 1. The van der Waals surface area contributed by atoms with Gasteiger partial charge >= 0.3 is 5.97 Å². The Morgan fingerprint density at radius 3 is 2.40 bits per heavy atom. The fourth-order valence-electron chi connectivity index (χ4n) is 2.15. The van der Waals surface area contributed by atoms with Crippen molar-refractivity contribution >= 4 is 17.6 Å². The van der Waals surface area contributed by atoms with Gasteiger partial charge in [-0.1, -0.05) is 18.2 Å². The zero-order chi connectivity index (χ0) is 18.4. The maximum Gasteiger partial charge on any atom is 0.307 e. The topological polar surface area (TPSA) is 75.6 Å². The molecule has 2 aromatic rings. The molecular weight excluding hydrogens is 325 g/mol. The zero-order valence-corrected chi connectivity index (χ0v) is 14.1. The standard InChI is InChI=1S/C19H20FNO4/c1-12(2)25-11-13-3-5-14(6-4-13)19(24)21-16-8-7-15(9-18(22)23)17(20)10-16/h3-8,10,12H,9,11H2,1-2H3,(H,21,24)(H,22,23). The van der Waals surface area contributed by atoms with E-state index < -0.39 is 18.2 Å². The number of ether oxygens (including phenoxy) is 1. The molecule has 0 heterocycles. The van der Waals surface area contributed by atoms with E-state index in [4.69, 9.17) is 9.84 Å². The van der Waals surface area contributed by atoms with Crippen molar-refractivity contribution in [2.45, 2.75) is 33.0 Å². The molecule has 2 N–H and O–H groups in total. The van der Waals surface area contributed by atoms with Crippen LogP contribution in [0.2, 0.25) is 0 Å². The highest BCUT2D eigenvalue weighted by molar-refractivity contribution is 6.04. The number of benzene rings is 2. The molecule has 0 saturated heterocycles. The second-order valence-electron chi connectivity index (χ2n) is 5.89. The van der Waals surface area contributed by atoms with E-state index >= 15 is 0 Å². The Balaban J connectivity index is 2.01. The van der Waals surface area contributed by atoms with Gasteiger partial charge in [0.25, 0.3) is 5.91 Å². The molecule has 2 aromatic carbocycles. The highest BCUT2D eigenvalue weighted by Gasteiger charge is 2.10. The van der Waals surface area contributed by atoms with Crippen molar-refractivity contribution in [3.8, 4) is 0 Å². The summed E-state index contributed by atoms with van der Waals surface area (Å²) in [6.45, 7) is 4.36. The summed E-state index contributed by atoms with van der Waals surface area (Å²) in [7, 11) is 0. The van der Waals surface area contributed by atoms with Gasteiger partial charge in [-0.25, -0.2) is 4.39 Å². The van der Waals surface area contributed by atoms with E-state index in [9.17, 15) is 14.0 Å². The monoisotopic (exact) mass is 345 g/mol. The lowest BCUT2D eigenvalue weighted by molar-refractivity contribution is -0.136. The van der Waals surface area contributed by atoms with Gasteiger partial charge < -0.3 is 15.2 Å². The van der Waals surface area contributed by atoms with Crippen LogP contribution in [0.25, 0.3) is 0 Å². The predicted octanol–water partition coefficient (Wildman–Crippen LogP) is 3.63. The normalized spacial score (nSPS) is 10.7. The number of anilines is 1. The van der Waals surface area contributed by atoms with Crippen LogP contribution >= 0.6 is 0 Å². The van der Waals surface area contributed by atoms with Crippen molar-refractivity contribution in [2.24, 2.45) is 0 Å². The lowest BCUT2D eigenvalue weighted by Crippen LogP contribution is -2.12. The fraction of sp³-hybridized carbons (Fsp3) is 0.263. The average molecular weight is 345 g/mol. The number of carbonyl (C=O) groups excluding carboxylic acids is 1. The molecule has 0 atom stereocenters. The highest BCUT2D eigenvalue weighted by Crippen LogP contribution is 2.16. The molecule has 0 radical (unpaired) electrons. The van der Waals surface area contributed by atoms with Crippen LogP contribution < -0.4 is 5.32 Å². The van der Waals surface area contributed by atoms with E-state index in [0.717, 1.165) is 11.6 Å². The van der Waals surface area contributed by atoms with Crippen LogP contribution in [0.4, 0.5) is 10.1 Å². The maximum absolute atomic E-state index is 13.8. The summed E-state index contributed by atoms with van der Waals surface area (Å²) in [5.41, 5.74) is 1.72. The molecule has 1 amide bonds. The molecular formula is C19H20FNO4. The molecule has 6 heteroatoms. The number of hydrogen-bond donors (Lipinski definition) is 2. The van der Waals surface area contributed by atoms with Crippen molar-refractivity contribution in [1.29, 1.82) is 0 Å². The van der Waals surface area contributed by atoms with Crippen LogP contribution in [0.15, 0.2) is 42.5 Å². The first-order valence-electron chi connectivity index (χ1n) is 7.87. The molecule has 0 aromatic heterocycles. The van der Waals surface area contributed by atoms with Crippen LogP contribution in [-0.4, -0.2) is 23.1 Å². The third kappa shape index (κ3) is 5.69. The molecule has 25 heavy (non-hydrogen) atoms. The van der Waals surface area contributed by atoms with E-state index in [-0.39, 0.29) is 23.3 Å². The number of carbonyl (C=O) groups is 2. The number of hydrogen-bond acceptors (Lipinski definition) is 3. The molecule has 0 unspecified atom stereocenters. The van der Waals surface area contributed by atoms with Crippen molar-refractivity contribution in [1.82, 2.24) is 0 Å². The number of rotatable bonds is 7. The Morgan fingerprint density at radius 2 is 1.84 bits per heavy atom. The third-order valence-corrected chi connectivity index (χ3v) is 3.45. The number of nitrogens with one attached hydrogen (secondary N) is 1. The Hall–Kier alpha value is -2.73. The Kier molecular flexibility index (Phi) is 6.25. The Bertz CT molecular complexity index is 757. The Labute approximate surface area is 145 Å². The molecule has 0 saturated carbocycles. The molecule has 0 fully saturated rings. The van der Waals surface area contributed by atoms with E-state index in [1.165, 1.54) is 12.1 Å². The first-order chi connectivity index (χ1) is 11.8. The van der Waals surface area contributed by atoms with Gasteiger partial charge in [0, 0.05) is 11.3 Å². The summed E-state index contributed by atoms with van der Waals surface area (Å²) in [6.07, 6.45) is -0.276. The molecule has 0 aliphatic rings. The SMILES string of the molecule is CC(C)OCc1ccc(C(=O)Nc2ccc(CC(=O)O)c(F)c2)cc1. The summed E-state index contributed by atoms with van der Waals surface area (Å²) in [4.78, 5) is 22.8. The van der Waals surface area contributed by atoms with E-state index in [1.54, 1.807) is 24.3 Å². The van der Waals surface area contributed by atoms with Crippen LogP contribution in [0.5, 0.6) is 0 Å². The second-order valence-corrected chi connectivity index (χ2v) is 5.89. The Morgan fingerprint density at radius 1 is 1.16 bits per heavy atom. The van der Waals surface area contributed by atoms with Gasteiger partial charge in [-0.3, -0.25) is 9.59 Å². The summed E-state index contributed by atoms with van der Waals surface area (Å²) in [6, 6.07) is 10.9. The van der Waals surface area contributed by atoms with E-state index in [1.807, 2.05) is 13.8 Å². The quantitative estimate of drug-likeness (QED) is 0.803. The smallest absolute Gasteiger partial charge is 0.307 e. The molecule has 132 valence electrons. The average Bonchev–Trinajstić information content (AvgIpc) is 2.55. The maximum atomic E-state index is 13.8. The lowest BCUT2D eigenvalue weighted by atomic mass is 10.1. The van der Waals surface area contributed by atoms with Gasteiger partial charge in [0.2, 0.25) is 0 Å². The van der Waals surface area contributed by atoms with Crippen molar-refractivity contribution in [3.05, 3.63) is 65.0 Å². The molecule has 5 nitrogen and oxygen atoms in total. The summed E-state index contributed by atoms with van der Waals surface area (Å²) in [5, 5.41) is 11.3. The van der Waals surface area contributed by atoms with Crippen molar-refractivity contribution in [3.63, 3.8) is 0 Å². The van der Waals surface area contributed by atoms with Crippen LogP contribution in [-0.2, 0) is 22.6 Å². The predicted molar refractivity (Wildman–Crippen MR) is 92.1 cm³/mol. The van der Waals surface area contributed by atoms with Gasteiger partial charge in [-0.15, -0.1) is 0 Å². The number of carboxylic acids is 1. The van der Waals surface area contributed by atoms with E-state index in [0.29, 0.717) is 12.2 Å². The van der Waals surface area contributed by atoms with Crippen molar-refractivity contribution < 1.29 is 23.8 Å². The molecule has 0 spiro atoms. The minimum atomic E-state index is -1.11. The largest absolute Gasteiger partial charge is 0.481 e. The first-order valence-corrected chi connectivity index (χ1v) is 7.87. The number of carboxylic acid groups (broad SMARTS) is 1. The van der Waals surface area contributed by atoms with Crippen LogP contribution in [0.3, 0.4) is 0 Å². The zero-order valence-electron chi connectivity index (χ0n) is 14.1. The van der Waals surface area contributed by atoms with Crippen molar-refractivity contribution in [2.75, 3.05) is 5.32 Å². The molecule has 0 aliphatic carbocycles. The fourth-order valence-corrected chi connectivity index (χ4v) is 2.15. The van der Waals surface area contributed by atoms with Gasteiger partial charge in [0.05, 0.1) is 19.1 Å². The van der Waals surface area contributed by atoms with Gasteiger partial charge in [-0.05, 0) is 49.2 Å². The van der Waals surface area contributed by atoms with Gasteiger partial charge in [0.15, 0.2) is 0 Å². The lowest BCUT2D eigenvalue weighted by Gasteiger charge is -2.09. The first kappa shape index (κ1) is 18.6.